The fourth-order valence-electron chi connectivity index (χ4n) is 2.51. The number of alkyl halides is 3. The predicted octanol–water partition coefficient (Wildman–Crippen LogP) is 1.78. The number of hydrogen-bond acceptors (Lipinski definition) is 6. The molecule has 1 aromatic rings. The maximum Gasteiger partial charge on any atom is 0.443 e. The minimum absolute atomic E-state index is 0.441. The van der Waals surface area contributed by atoms with Gasteiger partial charge in [0.25, 0.3) is 0 Å². The zero-order chi connectivity index (χ0) is 15.7. The molecule has 2 rings (SSSR count). The fraction of sp³-hybridized carbons (Fsp3) is 0.750. The first-order valence-electron chi connectivity index (χ1n) is 6.58. The van der Waals surface area contributed by atoms with Crippen LogP contribution >= 0.6 is 11.3 Å². The number of hydrogen-bond donors (Lipinski definition) is 2. The first-order valence-corrected chi connectivity index (χ1v) is 7.40. The molecule has 0 aromatic carbocycles. The van der Waals surface area contributed by atoms with Crippen molar-refractivity contribution in [2.24, 2.45) is 5.84 Å². The molecule has 1 aliphatic rings. The zero-order valence-electron chi connectivity index (χ0n) is 11.9. The van der Waals surface area contributed by atoms with Crippen LogP contribution in [0.3, 0.4) is 0 Å². The van der Waals surface area contributed by atoms with Crippen LogP contribution in [0.5, 0.6) is 0 Å². The van der Waals surface area contributed by atoms with Crippen molar-refractivity contribution >= 4 is 11.3 Å². The number of rotatable bonds is 4. The van der Waals surface area contributed by atoms with Gasteiger partial charge in [0.2, 0.25) is 0 Å². The molecule has 1 saturated heterocycles. The van der Waals surface area contributed by atoms with Crippen LogP contribution in [0.25, 0.3) is 0 Å². The second-order valence-electron chi connectivity index (χ2n) is 5.42. The summed E-state index contributed by atoms with van der Waals surface area (Å²) in [5.41, 5.74) is 2.19. The van der Waals surface area contributed by atoms with E-state index in [4.69, 9.17) is 10.6 Å². The van der Waals surface area contributed by atoms with Gasteiger partial charge < -0.3 is 4.74 Å². The van der Waals surface area contributed by atoms with E-state index in [1.807, 2.05) is 13.8 Å². The summed E-state index contributed by atoms with van der Waals surface area (Å²) in [5, 5.41) is -0.851. The third-order valence-corrected chi connectivity index (χ3v) is 4.86. The quantitative estimate of drug-likeness (QED) is 0.653. The summed E-state index contributed by atoms with van der Waals surface area (Å²) >= 11 is 0.627. The lowest BCUT2D eigenvalue weighted by Crippen LogP contribution is -2.57. The molecule has 5 nitrogen and oxygen atoms in total. The van der Waals surface area contributed by atoms with Gasteiger partial charge >= 0.3 is 6.18 Å². The SMILES string of the molecule is CC(C)(C(NN)c1cnc(C(F)(F)F)s1)N1CCOCC1. The molecule has 0 aliphatic carbocycles. The summed E-state index contributed by atoms with van der Waals surface area (Å²) in [5.74, 6) is 5.61. The van der Waals surface area contributed by atoms with E-state index in [0.29, 0.717) is 29.4 Å². The highest BCUT2D eigenvalue weighted by Crippen LogP contribution is 2.38. The maximum atomic E-state index is 12.7. The van der Waals surface area contributed by atoms with Crippen LogP contribution in [-0.2, 0) is 10.9 Å². The number of halogens is 3. The number of hydrazine groups is 1. The molecule has 1 aliphatic heterocycles. The van der Waals surface area contributed by atoms with E-state index >= 15 is 0 Å². The molecule has 3 N–H and O–H groups in total. The van der Waals surface area contributed by atoms with Crippen molar-refractivity contribution in [3.63, 3.8) is 0 Å². The maximum absolute atomic E-state index is 12.7. The molecule has 0 spiro atoms. The normalized spacial score (nSPS) is 19.7. The second kappa shape index (κ2) is 6.17. The van der Waals surface area contributed by atoms with Gasteiger partial charge in [0.1, 0.15) is 0 Å². The summed E-state index contributed by atoms with van der Waals surface area (Å²) in [6, 6.07) is -0.441. The van der Waals surface area contributed by atoms with Gasteiger partial charge in [-0.15, -0.1) is 11.3 Å². The van der Waals surface area contributed by atoms with Crippen molar-refractivity contribution in [2.45, 2.75) is 31.6 Å². The fourth-order valence-corrected chi connectivity index (χ4v) is 3.53. The third-order valence-electron chi connectivity index (χ3n) is 3.75. The Kier molecular flexibility index (Phi) is 4.89. The standard InChI is InChI=1S/C12H19F3N4OS/c1-11(2,19-3-5-20-6-4-19)9(18-16)8-7-17-10(21-8)12(13,14)15/h7,9,18H,3-6,16H2,1-2H3. The Morgan fingerprint density at radius 2 is 2.00 bits per heavy atom. The Labute approximate surface area is 125 Å². The smallest absolute Gasteiger partial charge is 0.379 e. The number of morpholine rings is 1. The van der Waals surface area contributed by atoms with Crippen LogP contribution in [0, 0.1) is 0 Å². The lowest BCUT2D eigenvalue weighted by atomic mass is 9.91. The summed E-state index contributed by atoms with van der Waals surface area (Å²) in [6.07, 6.45) is -3.18. The molecule has 21 heavy (non-hydrogen) atoms. The molecule has 1 fully saturated rings. The van der Waals surface area contributed by atoms with Crippen molar-refractivity contribution < 1.29 is 17.9 Å². The molecular formula is C12H19F3N4OS. The molecule has 1 unspecified atom stereocenters. The van der Waals surface area contributed by atoms with Gasteiger partial charge in [0.15, 0.2) is 5.01 Å². The van der Waals surface area contributed by atoms with E-state index in [1.54, 1.807) is 0 Å². The van der Waals surface area contributed by atoms with Gasteiger partial charge in [-0.2, -0.15) is 13.2 Å². The number of nitrogens with zero attached hydrogens (tertiary/aromatic N) is 2. The van der Waals surface area contributed by atoms with Gasteiger partial charge in [0.05, 0.1) is 19.3 Å². The largest absolute Gasteiger partial charge is 0.443 e. The highest BCUT2D eigenvalue weighted by molar-refractivity contribution is 7.11. The minimum Gasteiger partial charge on any atom is -0.379 e. The second-order valence-corrected chi connectivity index (χ2v) is 6.48. The average Bonchev–Trinajstić information content (AvgIpc) is 2.90. The first kappa shape index (κ1) is 16.6. The van der Waals surface area contributed by atoms with Crippen LogP contribution < -0.4 is 11.3 Å². The van der Waals surface area contributed by atoms with E-state index in [1.165, 1.54) is 6.20 Å². The zero-order valence-corrected chi connectivity index (χ0v) is 12.7. The van der Waals surface area contributed by atoms with Gasteiger partial charge in [-0.05, 0) is 13.8 Å². The first-order chi connectivity index (χ1) is 9.76. The van der Waals surface area contributed by atoms with Crippen molar-refractivity contribution in [1.29, 1.82) is 0 Å². The number of aromatic nitrogens is 1. The average molecular weight is 324 g/mol. The van der Waals surface area contributed by atoms with Crippen LogP contribution in [0.1, 0.15) is 29.8 Å². The van der Waals surface area contributed by atoms with E-state index in [9.17, 15) is 13.2 Å². The summed E-state index contributed by atoms with van der Waals surface area (Å²) < 4.78 is 43.4. The lowest BCUT2D eigenvalue weighted by Gasteiger charge is -2.45. The number of ether oxygens (including phenoxy) is 1. The topological polar surface area (TPSA) is 63.4 Å². The summed E-state index contributed by atoms with van der Waals surface area (Å²) in [7, 11) is 0. The van der Waals surface area contributed by atoms with Crippen molar-refractivity contribution in [3.05, 3.63) is 16.1 Å². The van der Waals surface area contributed by atoms with Crippen LogP contribution in [0.4, 0.5) is 13.2 Å². The van der Waals surface area contributed by atoms with Gasteiger partial charge in [-0.1, -0.05) is 0 Å². The van der Waals surface area contributed by atoms with Crippen LogP contribution in [0.15, 0.2) is 6.20 Å². The molecule has 120 valence electrons. The van der Waals surface area contributed by atoms with Gasteiger partial charge in [-0.25, -0.2) is 4.98 Å². The number of nitrogens with one attached hydrogen (secondary N) is 1. The highest BCUT2D eigenvalue weighted by Gasteiger charge is 2.40. The van der Waals surface area contributed by atoms with E-state index in [-0.39, 0.29) is 0 Å². The molecule has 1 aromatic heterocycles. The highest BCUT2D eigenvalue weighted by atomic mass is 32.1. The Bertz CT molecular complexity index is 471. The minimum atomic E-state index is -4.43. The van der Waals surface area contributed by atoms with E-state index in [0.717, 1.165) is 13.1 Å². The lowest BCUT2D eigenvalue weighted by molar-refractivity contribution is -0.137. The van der Waals surface area contributed by atoms with Crippen molar-refractivity contribution in [2.75, 3.05) is 26.3 Å². The van der Waals surface area contributed by atoms with Crippen LogP contribution in [-0.4, -0.2) is 41.7 Å². The molecule has 0 saturated carbocycles. The van der Waals surface area contributed by atoms with E-state index in [2.05, 4.69) is 15.3 Å². The Morgan fingerprint density at radius 3 is 2.48 bits per heavy atom. The summed E-state index contributed by atoms with van der Waals surface area (Å²) in [4.78, 5) is 6.10. The molecule has 0 bridgehead atoms. The molecule has 1 atom stereocenters. The van der Waals surface area contributed by atoms with E-state index < -0.39 is 22.8 Å². The van der Waals surface area contributed by atoms with Crippen LogP contribution in [0.2, 0.25) is 0 Å². The molecular weight excluding hydrogens is 305 g/mol. The number of nitrogens with two attached hydrogens (primary N) is 1. The van der Waals surface area contributed by atoms with Gasteiger partial charge in [0, 0.05) is 29.7 Å². The molecule has 2 heterocycles. The molecule has 9 heteroatoms. The van der Waals surface area contributed by atoms with Gasteiger partial charge in [-0.3, -0.25) is 16.2 Å². The Morgan fingerprint density at radius 1 is 1.38 bits per heavy atom. The summed E-state index contributed by atoms with van der Waals surface area (Å²) in [6.45, 7) is 6.56. The van der Waals surface area contributed by atoms with Crippen molar-refractivity contribution in [3.8, 4) is 0 Å². The Hall–Kier alpha value is -0.740. The number of thiazole rings is 1. The Balaban J connectivity index is 2.23. The monoisotopic (exact) mass is 324 g/mol. The third kappa shape index (κ3) is 3.54. The van der Waals surface area contributed by atoms with Crippen molar-refractivity contribution in [1.82, 2.24) is 15.3 Å². The molecule has 0 radical (unpaired) electrons. The molecule has 0 amide bonds. The predicted molar refractivity (Wildman–Crippen MR) is 73.7 cm³/mol.